The first-order valence-electron chi connectivity index (χ1n) is 50.0. The lowest BCUT2D eigenvalue weighted by Gasteiger charge is -2.24. The highest BCUT2D eigenvalue weighted by Gasteiger charge is 2.32. The van der Waals surface area contributed by atoms with Gasteiger partial charge >= 0.3 is 0 Å². The Kier molecular flexibility index (Phi) is 26.3. The van der Waals surface area contributed by atoms with E-state index in [4.69, 9.17) is 11.8 Å². The van der Waals surface area contributed by atoms with Crippen molar-refractivity contribution in [1.82, 2.24) is 4.98 Å². The first-order valence-corrected chi connectivity index (χ1v) is 47.5. The van der Waals surface area contributed by atoms with Crippen LogP contribution >= 0.6 is 0 Å². The van der Waals surface area contributed by atoms with Gasteiger partial charge in [0, 0.05) is 70.5 Å². The standard InChI is InChI=1S/C28H33N2.C26H27FN.C25H32N.C24H30N.C22H26N/c1-17(2)25-14-13-22-26(29-25)15-18(3)30(8)27(22)23-16-24(28(5,6)7)21-12-10-9-11-20(21)19(23)4;1-16-13-18-14-19(27)11-12-21(18)25(28(16)6)23-15-24(26(3,4)5)22-10-8-7-9-20(22)17(23)2;1-15(2)9-21-14-22-13-19(6)26(8)25(24(22)12-18(21)5)23-11-16(3)10-17(4)20(23)7;1-14(2)21-13-20-12-18(6)25(8)24(23(20)11-17(21)5)22-10-15(3)9-16(4)19(22)7;1-13-8-16(4)18(6)20(9-13)22-21-11-15(3)14(2)10-19(21)12-17(5)23(22)7/h9-17H,1-8H3;7-15H,1-6H3;10-15H,9H2,1-8H3;9-14H,1-8H3;8-12H,1-7H3/q5*+1/i15D;2*13D;2*12D. The van der Waals surface area contributed by atoms with E-state index in [1.54, 1.807) is 0 Å². The molecule has 6 aromatic heterocycles. The first kappa shape index (κ1) is 90.6. The number of nitrogens with zero attached hydrogens (tertiary/aromatic N) is 6. The summed E-state index contributed by atoms with van der Waals surface area (Å²) in [7, 11) is 10.3. The number of aromatic nitrogens is 6. The Balaban J connectivity index is 0.000000145. The summed E-state index contributed by atoms with van der Waals surface area (Å²) in [5.41, 5.74) is 43.3. The Morgan fingerprint density at radius 3 is 1.03 bits per heavy atom. The lowest BCUT2D eigenvalue weighted by atomic mass is 9.80. The molecule has 0 fully saturated rings. The van der Waals surface area contributed by atoms with Gasteiger partial charge in [-0.3, -0.25) is 4.98 Å². The average Bonchev–Trinajstić information content (AvgIpc) is 0.749. The molecule has 132 heavy (non-hydrogen) atoms. The molecule has 6 heterocycles. The Morgan fingerprint density at radius 1 is 0.303 bits per heavy atom. The van der Waals surface area contributed by atoms with Gasteiger partial charge in [-0.2, -0.15) is 22.8 Å². The predicted octanol–water partition coefficient (Wildman–Crippen LogP) is 30.7. The minimum absolute atomic E-state index is 0.0178. The number of fused-ring (bicyclic) bond motifs is 7. The molecule has 0 unspecified atom stereocenters. The van der Waals surface area contributed by atoms with E-state index >= 15 is 0 Å². The van der Waals surface area contributed by atoms with Gasteiger partial charge in [-0.15, -0.1) is 0 Å². The minimum Gasteiger partial charge on any atom is -0.252 e. The summed E-state index contributed by atoms with van der Waals surface area (Å²) in [5, 5.41) is 14.4. The molecular weight excluding hydrogens is 1600 g/mol. The lowest BCUT2D eigenvalue weighted by Crippen LogP contribution is -2.35. The number of aryl methyl sites for hydroxylation is 12. The largest absolute Gasteiger partial charge is 0.252 e. The summed E-state index contributed by atoms with van der Waals surface area (Å²) < 4.78 is 68.2. The van der Waals surface area contributed by atoms with E-state index in [9.17, 15) is 4.39 Å². The maximum Gasteiger partial charge on any atom is 0.222 e. The maximum absolute atomic E-state index is 14.0. The Labute approximate surface area is 797 Å². The van der Waals surface area contributed by atoms with E-state index in [0.29, 0.717) is 53.4 Å². The summed E-state index contributed by atoms with van der Waals surface area (Å²) in [4.78, 5) is 4.92. The molecule has 17 rings (SSSR count). The van der Waals surface area contributed by atoms with E-state index < -0.39 is 0 Å². The topological polar surface area (TPSA) is 32.3 Å². The van der Waals surface area contributed by atoms with Crippen LogP contribution in [0.1, 0.15) is 242 Å². The zero-order chi connectivity index (χ0) is 101. The van der Waals surface area contributed by atoms with Crippen molar-refractivity contribution < 1.29 is 34.1 Å². The quantitative estimate of drug-likeness (QED) is 0.133. The third kappa shape index (κ3) is 19.5. The molecule has 11 aromatic carbocycles. The van der Waals surface area contributed by atoms with Crippen LogP contribution in [0.4, 0.5) is 4.39 Å². The molecule has 0 aliphatic rings. The average molecular weight is 1760 g/mol. The Bertz CT molecular complexity index is 7780. The van der Waals surface area contributed by atoms with Crippen LogP contribution in [-0.2, 0) is 52.5 Å². The normalized spacial score (nSPS) is 12.3. The first-order chi connectivity index (χ1) is 64.1. The fourth-order valence-corrected chi connectivity index (χ4v) is 19.8. The van der Waals surface area contributed by atoms with Gasteiger partial charge in [0.15, 0.2) is 28.5 Å². The number of hydrogen-bond acceptors (Lipinski definition) is 1. The SMILES string of the molecule is [2H]c1c(C)[n+](C)c(-c2cc(C(C)(C)C)c3ccccc3c2C)c2ccc(C(C)C)nc12.[2H]c1c(C)[n+](C)c(-c2cc(C(C)(C)C)c3ccccc3c2C)c2ccc(F)cc12.[2H]c1c(C)[n+](C)c(-c2cc(C)cc(C)c2C)c2cc(C)c(C(C)C)cc12.[2H]c1c(C)[n+](C)c(-c2cc(C)cc(C)c2C)c2cc(C)c(C)cc12.[2H]c1c(C)[n+](C)c(-c2cc(C)cc(C)c2C)c2cc(C)c(CC(C)C)cc12. The van der Waals surface area contributed by atoms with Crippen LogP contribution < -0.4 is 22.8 Å². The number of halogens is 1. The maximum atomic E-state index is 14.0. The molecular formula is C125H148FN6+5. The smallest absolute Gasteiger partial charge is 0.222 e. The molecule has 0 saturated heterocycles. The second-order valence-electron chi connectivity index (χ2n) is 41.4. The van der Waals surface area contributed by atoms with Crippen molar-refractivity contribution in [3.63, 3.8) is 0 Å². The van der Waals surface area contributed by atoms with Gasteiger partial charge in [0.1, 0.15) is 41.1 Å². The Morgan fingerprint density at radius 2 is 0.636 bits per heavy atom. The number of rotatable bonds is 9. The molecule has 0 saturated carbocycles. The summed E-state index contributed by atoms with van der Waals surface area (Å²) in [5.74, 6) is 1.09. The molecule has 0 radical (unpaired) electrons. The van der Waals surface area contributed by atoms with Crippen molar-refractivity contribution in [3.05, 3.63) is 340 Å². The zero-order valence-corrected chi connectivity index (χ0v) is 86.6. The summed E-state index contributed by atoms with van der Waals surface area (Å²) >= 11 is 0. The summed E-state index contributed by atoms with van der Waals surface area (Å²) in [6, 6.07) is 60.8. The van der Waals surface area contributed by atoms with Gasteiger partial charge in [-0.1, -0.05) is 185 Å². The van der Waals surface area contributed by atoms with Crippen molar-refractivity contribution in [2.24, 2.45) is 41.2 Å². The van der Waals surface area contributed by atoms with Gasteiger partial charge in [0.25, 0.3) is 0 Å². The van der Waals surface area contributed by atoms with Crippen LogP contribution in [0, 0.1) is 150 Å². The van der Waals surface area contributed by atoms with Gasteiger partial charge < -0.3 is 0 Å². The third-order valence-electron chi connectivity index (χ3n) is 28.2. The second-order valence-corrected chi connectivity index (χ2v) is 41.4. The molecule has 0 atom stereocenters. The molecule has 680 valence electrons. The van der Waals surface area contributed by atoms with Gasteiger partial charge in [-0.05, 0) is 350 Å². The second kappa shape index (κ2) is 38.3. The van der Waals surface area contributed by atoms with Gasteiger partial charge in [0.2, 0.25) is 28.5 Å². The van der Waals surface area contributed by atoms with E-state index in [1.165, 1.54) is 195 Å². The van der Waals surface area contributed by atoms with Crippen LogP contribution in [0.5, 0.6) is 0 Å². The van der Waals surface area contributed by atoms with Crippen LogP contribution in [0.2, 0.25) is 0 Å². The monoisotopic (exact) mass is 1760 g/mol. The van der Waals surface area contributed by atoms with Crippen LogP contribution in [0.15, 0.2) is 194 Å². The van der Waals surface area contributed by atoms with Crippen LogP contribution in [-0.4, -0.2) is 4.98 Å². The molecule has 0 aliphatic carbocycles. The van der Waals surface area contributed by atoms with Crippen molar-refractivity contribution >= 4 is 75.5 Å². The van der Waals surface area contributed by atoms with Crippen molar-refractivity contribution in [3.8, 4) is 56.3 Å². The number of hydrogen-bond donors (Lipinski definition) is 0. The van der Waals surface area contributed by atoms with E-state index in [1.807, 2.05) is 33.9 Å². The molecule has 0 bridgehead atoms. The molecule has 7 heteroatoms. The third-order valence-corrected chi connectivity index (χ3v) is 28.2. The van der Waals surface area contributed by atoms with E-state index in [0.717, 1.165) is 90.0 Å². The zero-order valence-electron chi connectivity index (χ0n) is 91.6. The highest BCUT2D eigenvalue weighted by atomic mass is 19.1. The fraction of sp³-hybridized carbons (Fsp3) is 0.344. The molecule has 0 N–H and O–H groups in total. The molecule has 0 amide bonds. The molecule has 6 nitrogen and oxygen atoms in total. The molecule has 0 aliphatic heterocycles. The minimum atomic E-state index is -0.309. The highest BCUT2D eigenvalue weighted by Crippen LogP contribution is 2.44. The van der Waals surface area contributed by atoms with Crippen molar-refractivity contribution in [2.45, 2.75) is 251 Å². The van der Waals surface area contributed by atoms with Crippen LogP contribution in [0.25, 0.3) is 132 Å². The Hall–Kier alpha value is -11.9. The van der Waals surface area contributed by atoms with Crippen LogP contribution in [0.3, 0.4) is 0 Å². The summed E-state index contributed by atoms with van der Waals surface area (Å²) in [6.45, 7) is 69.6. The highest BCUT2D eigenvalue weighted by molar-refractivity contribution is 6.03. The van der Waals surface area contributed by atoms with Gasteiger partial charge in [-0.25, -0.2) is 4.39 Å². The van der Waals surface area contributed by atoms with E-state index in [-0.39, 0.29) is 16.6 Å². The molecule has 17 aromatic rings. The van der Waals surface area contributed by atoms with Crippen molar-refractivity contribution in [1.29, 1.82) is 0 Å². The van der Waals surface area contributed by atoms with Gasteiger partial charge in [0.05, 0.1) is 67.1 Å². The predicted molar refractivity (Wildman–Crippen MR) is 564 cm³/mol. The fourth-order valence-electron chi connectivity index (χ4n) is 19.8. The lowest BCUT2D eigenvalue weighted by molar-refractivity contribution is -0.665. The van der Waals surface area contributed by atoms with E-state index in [2.05, 4.69) is 397 Å². The number of pyridine rings is 6. The number of benzene rings is 11. The molecule has 0 spiro atoms. The van der Waals surface area contributed by atoms with Crippen molar-refractivity contribution in [2.75, 3.05) is 0 Å². The summed E-state index contributed by atoms with van der Waals surface area (Å²) in [6.07, 6.45) is 1.05.